The Morgan fingerprint density at radius 2 is 1.67 bits per heavy atom. The van der Waals surface area contributed by atoms with Gasteiger partial charge in [-0.25, -0.2) is 0 Å². The zero-order valence-electron chi connectivity index (χ0n) is 15.8. The van der Waals surface area contributed by atoms with Gasteiger partial charge in [0.05, 0.1) is 6.42 Å². The number of hydrogen-bond donors (Lipinski definition) is 1. The lowest BCUT2D eigenvalue weighted by molar-refractivity contribution is -0.137. The largest absolute Gasteiger partial charge is 0.481 e. The van der Waals surface area contributed by atoms with E-state index in [1.165, 1.54) is 0 Å². The minimum absolute atomic E-state index is 0.0392. The summed E-state index contributed by atoms with van der Waals surface area (Å²) < 4.78 is 0. The number of allylic oxidation sites excluding steroid dienone is 2. The monoisotopic (exact) mass is 363 g/mol. The van der Waals surface area contributed by atoms with Gasteiger partial charge < -0.3 is 10.0 Å². The third-order valence-corrected chi connectivity index (χ3v) is 4.85. The first-order valence-corrected chi connectivity index (χ1v) is 9.21. The summed E-state index contributed by atoms with van der Waals surface area (Å²) in [6, 6.07) is 17.7. The Morgan fingerprint density at radius 3 is 2.30 bits per heavy atom. The van der Waals surface area contributed by atoms with Gasteiger partial charge >= 0.3 is 5.97 Å². The van der Waals surface area contributed by atoms with E-state index in [1.54, 1.807) is 6.08 Å². The van der Waals surface area contributed by atoms with Crippen LogP contribution in [0.1, 0.15) is 37.0 Å². The molecule has 0 bridgehead atoms. The van der Waals surface area contributed by atoms with Crippen molar-refractivity contribution in [3.05, 3.63) is 71.9 Å². The third-order valence-electron chi connectivity index (χ3n) is 4.85. The van der Waals surface area contributed by atoms with Crippen molar-refractivity contribution >= 4 is 11.8 Å². The molecule has 1 N–H and O–H groups in total. The topological polar surface area (TPSA) is 57.6 Å². The van der Waals surface area contributed by atoms with Crippen molar-refractivity contribution in [2.45, 2.75) is 26.7 Å². The second-order valence-corrected chi connectivity index (χ2v) is 7.85. The average Bonchev–Trinajstić information content (AvgIpc) is 2.94. The van der Waals surface area contributed by atoms with Gasteiger partial charge in [0.1, 0.15) is 0 Å². The minimum atomic E-state index is -0.818. The van der Waals surface area contributed by atoms with Gasteiger partial charge in [0.25, 0.3) is 0 Å². The number of nitrogens with zero attached hydrogens (tertiary/aromatic N) is 1. The van der Waals surface area contributed by atoms with Crippen molar-refractivity contribution in [1.82, 2.24) is 4.90 Å². The first kappa shape index (κ1) is 18.9. The fourth-order valence-electron chi connectivity index (χ4n) is 3.56. The Bertz CT molecular complexity index is 851. The predicted octanol–water partition coefficient (Wildman–Crippen LogP) is 4.63. The molecule has 0 aliphatic carbocycles. The Balaban J connectivity index is 1.77. The minimum Gasteiger partial charge on any atom is -0.481 e. The number of benzene rings is 2. The molecule has 0 aromatic heterocycles. The molecule has 0 amide bonds. The highest BCUT2D eigenvalue weighted by Gasteiger charge is 2.33. The van der Waals surface area contributed by atoms with Crippen molar-refractivity contribution in [2.75, 3.05) is 13.1 Å². The van der Waals surface area contributed by atoms with Crippen LogP contribution >= 0.6 is 0 Å². The van der Waals surface area contributed by atoms with Crippen LogP contribution in [0.4, 0.5) is 0 Å². The van der Waals surface area contributed by atoms with Gasteiger partial charge in [-0.05, 0) is 23.0 Å². The summed E-state index contributed by atoms with van der Waals surface area (Å²) in [6.07, 6.45) is 2.53. The van der Waals surface area contributed by atoms with E-state index in [1.807, 2.05) is 59.5 Å². The summed E-state index contributed by atoms with van der Waals surface area (Å²) in [5.41, 5.74) is 3.81. The molecule has 27 heavy (non-hydrogen) atoms. The summed E-state index contributed by atoms with van der Waals surface area (Å²) in [4.78, 5) is 25.7. The number of hydrogen-bond acceptors (Lipinski definition) is 3. The lowest BCUT2D eigenvalue weighted by atomic mass is 9.92. The highest BCUT2D eigenvalue weighted by Crippen LogP contribution is 2.36. The molecule has 0 atom stereocenters. The normalized spacial score (nSPS) is 17.3. The van der Waals surface area contributed by atoms with Gasteiger partial charge in [-0.15, -0.1) is 0 Å². The van der Waals surface area contributed by atoms with Crippen molar-refractivity contribution in [3.63, 3.8) is 0 Å². The SMILES string of the molecule is CC1(C)C/C(=C/C(=O)c2ccc(-c3ccccc3)cc2)N(CCC(=O)O)C1. The smallest absolute Gasteiger partial charge is 0.305 e. The fourth-order valence-corrected chi connectivity index (χ4v) is 3.56. The van der Waals surface area contributed by atoms with E-state index < -0.39 is 5.97 Å². The van der Waals surface area contributed by atoms with Crippen LogP contribution in [-0.4, -0.2) is 34.8 Å². The van der Waals surface area contributed by atoms with Gasteiger partial charge in [0.15, 0.2) is 5.78 Å². The van der Waals surface area contributed by atoms with Crippen LogP contribution in [0.25, 0.3) is 11.1 Å². The van der Waals surface area contributed by atoms with Crippen molar-refractivity contribution in [2.24, 2.45) is 5.41 Å². The number of aliphatic carboxylic acids is 1. The number of carbonyl (C=O) groups excluding carboxylic acids is 1. The molecule has 1 aliphatic heterocycles. The zero-order valence-corrected chi connectivity index (χ0v) is 15.8. The first-order valence-electron chi connectivity index (χ1n) is 9.21. The van der Waals surface area contributed by atoms with Gasteiger partial charge in [-0.2, -0.15) is 0 Å². The van der Waals surface area contributed by atoms with Crippen LogP contribution in [0.3, 0.4) is 0 Å². The van der Waals surface area contributed by atoms with Crippen LogP contribution in [0.2, 0.25) is 0 Å². The molecular formula is C23H25NO3. The number of rotatable bonds is 6. The quantitative estimate of drug-likeness (QED) is 0.601. The maximum Gasteiger partial charge on any atom is 0.305 e. The molecule has 4 nitrogen and oxygen atoms in total. The van der Waals surface area contributed by atoms with E-state index in [0.717, 1.165) is 29.8 Å². The molecule has 1 aliphatic rings. The van der Waals surface area contributed by atoms with E-state index >= 15 is 0 Å². The van der Waals surface area contributed by atoms with Gasteiger partial charge in [0.2, 0.25) is 0 Å². The lowest BCUT2D eigenvalue weighted by Gasteiger charge is -2.21. The number of carboxylic acids is 1. The lowest BCUT2D eigenvalue weighted by Crippen LogP contribution is -2.25. The molecule has 140 valence electrons. The Hall–Kier alpha value is -2.88. The molecular weight excluding hydrogens is 338 g/mol. The Labute approximate surface area is 160 Å². The van der Waals surface area contributed by atoms with Gasteiger partial charge in [-0.3, -0.25) is 9.59 Å². The van der Waals surface area contributed by atoms with E-state index in [2.05, 4.69) is 13.8 Å². The number of ketones is 1. The van der Waals surface area contributed by atoms with Crippen LogP contribution in [0, 0.1) is 5.41 Å². The maximum absolute atomic E-state index is 12.7. The van der Waals surface area contributed by atoms with E-state index in [9.17, 15) is 9.59 Å². The molecule has 3 rings (SSSR count). The number of carbonyl (C=O) groups is 2. The zero-order chi connectivity index (χ0) is 19.4. The molecule has 2 aromatic rings. The van der Waals surface area contributed by atoms with E-state index in [0.29, 0.717) is 12.1 Å². The highest BCUT2D eigenvalue weighted by molar-refractivity contribution is 6.05. The van der Waals surface area contributed by atoms with E-state index in [-0.39, 0.29) is 17.6 Å². The van der Waals surface area contributed by atoms with Crippen molar-refractivity contribution in [3.8, 4) is 11.1 Å². The van der Waals surface area contributed by atoms with Gasteiger partial charge in [-0.1, -0.05) is 68.4 Å². The average molecular weight is 363 g/mol. The molecule has 1 fully saturated rings. The third kappa shape index (κ3) is 4.85. The molecule has 2 aromatic carbocycles. The molecule has 0 saturated carbocycles. The Kier molecular flexibility index (Phi) is 5.45. The molecule has 0 unspecified atom stereocenters. The number of carboxylic acid groups (broad SMARTS) is 1. The van der Waals surface area contributed by atoms with Crippen LogP contribution in [-0.2, 0) is 4.79 Å². The second kappa shape index (κ2) is 7.78. The summed E-state index contributed by atoms with van der Waals surface area (Å²) in [6.45, 7) is 5.48. The molecule has 1 heterocycles. The molecule has 0 radical (unpaired) electrons. The van der Waals surface area contributed by atoms with Crippen LogP contribution in [0.5, 0.6) is 0 Å². The van der Waals surface area contributed by atoms with Gasteiger partial charge in [0, 0.05) is 30.4 Å². The maximum atomic E-state index is 12.7. The van der Waals surface area contributed by atoms with Crippen molar-refractivity contribution < 1.29 is 14.7 Å². The first-order chi connectivity index (χ1) is 12.8. The molecule has 0 spiro atoms. The summed E-state index contributed by atoms with van der Waals surface area (Å²) in [5.74, 6) is -0.857. The van der Waals surface area contributed by atoms with Crippen molar-refractivity contribution in [1.29, 1.82) is 0 Å². The summed E-state index contributed by atoms with van der Waals surface area (Å²) in [7, 11) is 0. The van der Waals surface area contributed by atoms with Crippen LogP contribution in [0.15, 0.2) is 66.4 Å². The molecule has 1 saturated heterocycles. The second-order valence-electron chi connectivity index (χ2n) is 7.85. The standard InChI is InChI=1S/C23H25NO3/c1-23(2)15-20(24(16-23)13-12-22(26)27)14-21(25)19-10-8-18(9-11-19)17-6-4-3-5-7-17/h3-11,14H,12-13,15-16H2,1-2H3,(H,26,27)/b20-14-. The summed E-state index contributed by atoms with van der Waals surface area (Å²) >= 11 is 0. The summed E-state index contributed by atoms with van der Waals surface area (Å²) in [5, 5.41) is 8.96. The predicted molar refractivity (Wildman–Crippen MR) is 107 cm³/mol. The van der Waals surface area contributed by atoms with Crippen LogP contribution < -0.4 is 0 Å². The molecule has 4 heteroatoms. The fraction of sp³-hybridized carbons (Fsp3) is 0.304. The number of likely N-dealkylation sites (tertiary alicyclic amines) is 1. The highest BCUT2D eigenvalue weighted by atomic mass is 16.4. The Morgan fingerprint density at radius 1 is 1.04 bits per heavy atom. The van der Waals surface area contributed by atoms with E-state index in [4.69, 9.17) is 5.11 Å².